The molecule has 1 heterocycles. The van der Waals surface area contributed by atoms with E-state index in [1.165, 1.54) is 6.92 Å². The van der Waals surface area contributed by atoms with Gasteiger partial charge in [-0.3, -0.25) is 9.69 Å². The van der Waals surface area contributed by atoms with E-state index in [9.17, 15) is 10.1 Å². The maximum Gasteiger partial charge on any atom is 0.161 e. The van der Waals surface area contributed by atoms with E-state index in [-0.39, 0.29) is 11.8 Å². The first-order valence-electron chi connectivity index (χ1n) is 8.94. The highest BCUT2D eigenvalue weighted by molar-refractivity contribution is 6.30. The molecule has 0 spiro atoms. The number of anilines is 1. The van der Waals surface area contributed by atoms with Gasteiger partial charge in [0.25, 0.3) is 0 Å². The fraction of sp³-hybridized carbons (Fsp3) is 0.333. The summed E-state index contributed by atoms with van der Waals surface area (Å²) in [7, 11) is 0. The van der Waals surface area contributed by atoms with Crippen LogP contribution in [0.25, 0.3) is 0 Å². The quantitative estimate of drug-likeness (QED) is 0.766. The molecule has 0 aliphatic carbocycles. The van der Waals surface area contributed by atoms with Crippen LogP contribution in [0.1, 0.15) is 34.5 Å². The van der Waals surface area contributed by atoms with E-state index in [0.29, 0.717) is 41.6 Å². The summed E-state index contributed by atoms with van der Waals surface area (Å²) in [4.78, 5) is 14.3. The Labute approximate surface area is 164 Å². The molecule has 0 saturated carbocycles. The number of morpholine rings is 1. The van der Waals surface area contributed by atoms with Crippen molar-refractivity contribution in [2.45, 2.75) is 13.0 Å². The molecule has 27 heavy (non-hydrogen) atoms. The van der Waals surface area contributed by atoms with Gasteiger partial charge in [-0.25, -0.2) is 0 Å². The average molecular weight is 384 g/mol. The second-order valence-electron chi connectivity index (χ2n) is 6.53. The van der Waals surface area contributed by atoms with Crippen molar-refractivity contribution in [3.63, 3.8) is 0 Å². The summed E-state index contributed by atoms with van der Waals surface area (Å²) in [6.45, 7) is 5.17. The lowest BCUT2D eigenvalue weighted by Gasteiger charge is -2.35. The molecular formula is C21H22ClN3O2. The minimum Gasteiger partial charge on any atom is -0.382 e. The van der Waals surface area contributed by atoms with Gasteiger partial charge in [0.1, 0.15) is 0 Å². The largest absolute Gasteiger partial charge is 0.382 e. The summed E-state index contributed by atoms with van der Waals surface area (Å²) in [6, 6.07) is 15.1. The fourth-order valence-electron chi connectivity index (χ4n) is 3.33. The number of halogens is 1. The SMILES string of the molecule is CC(=O)c1ccc(C#N)cc1NCC(c1cccc(Cl)c1)N1CCOCC1. The minimum atomic E-state index is -0.0346. The van der Waals surface area contributed by atoms with Crippen LogP contribution in [0.5, 0.6) is 0 Å². The van der Waals surface area contributed by atoms with Gasteiger partial charge in [0, 0.05) is 35.9 Å². The molecule has 2 aromatic rings. The van der Waals surface area contributed by atoms with Crippen molar-refractivity contribution in [1.82, 2.24) is 4.90 Å². The Kier molecular flexibility index (Phi) is 6.46. The molecule has 0 radical (unpaired) electrons. The number of benzene rings is 2. The molecule has 1 fully saturated rings. The van der Waals surface area contributed by atoms with Crippen molar-refractivity contribution in [1.29, 1.82) is 5.26 Å². The highest BCUT2D eigenvalue weighted by Gasteiger charge is 2.23. The molecule has 1 aliphatic heterocycles. The number of hydrogen-bond acceptors (Lipinski definition) is 5. The molecule has 5 nitrogen and oxygen atoms in total. The van der Waals surface area contributed by atoms with Crippen molar-refractivity contribution in [2.24, 2.45) is 0 Å². The number of nitrogens with one attached hydrogen (secondary N) is 1. The Morgan fingerprint density at radius 1 is 1.30 bits per heavy atom. The zero-order chi connectivity index (χ0) is 19.2. The Hall–Kier alpha value is -2.39. The Morgan fingerprint density at radius 2 is 2.07 bits per heavy atom. The van der Waals surface area contributed by atoms with Crippen LogP contribution in [0.4, 0.5) is 5.69 Å². The first-order valence-corrected chi connectivity index (χ1v) is 9.32. The van der Waals surface area contributed by atoms with Crippen LogP contribution >= 0.6 is 11.6 Å². The van der Waals surface area contributed by atoms with Gasteiger partial charge in [0.05, 0.1) is 30.9 Å². The molecule has 0 bridgehead atoms. The lowest BCUT2D eigenvalue weighted by molar-refractivity contribution is 0.0187. The molecule has 2 aromatic carbocycles. The minimum absolute atomic E-state index is 0.0346. The molecular weight excluding hydrogens is 362 g/mol. The summed E-state index contributed by atoms with van der Waals surface area (Å²) in [5, 5.41) is 13.3. The average Bonchev–Trinajstić information content (AvgIpc) is 2.68. The summed E-state index contributed by atoms with van der Waals surface area (Å²) in [5.74, 6) is -0.0346. The van der Waals surface area contributed by atoms with Crippen LogP contribution in [0.2, 0.25) is 5.02 Å². The van der Waals surface area contributed by atoms with Gasteiger partial charge in [-0.1, -0.05) is 23.7 Å². The van der Waals surface area contributed by atoms with Gasteiger partial charge in [-0.15, -0.1) is 0 Å². The topological polar surface area (TPSA) is 65.4 Å². The molecule has 1 atom stereocenters. The summed E-state index contributed by atoms with van der Waals surface area (Å²) in [5.41, 5.74) is 2.90. The maximum atomic E-state index is 12.0. The number of ketones is 1. The second-order valence-corrected chi connectivity index (χ2v) is 6.96. The fourth-order valence-corrected chi connectivity index (χ4v) is 3.53. The lowest BCUT2D eigenvalue weighted by Crippen LogP contribution is -2.41. The number of carbonyl (C=O) groups excluding carboxylic acids is 1. The lowest BCUT2D eigenvalue weighted by atomic mass is 10.0. The first-order chi connectivity index (χ1) is 13.1. The van der Waals surface area contributed by atoms with Crippen LogP contribution in [0.3, 0.4) is 0 Å². The third-order valence-corrected chi connectivity index (χ3v) is 4.97. The van der Waals surface area contributed by atoms with Crippen LogP contribution in [0.15, 0.2) is 42.5 Å². The summed E-state index contributed by atoms with van der Waals surface area (Å²) >= 11 is 6.21. The zero-order valence-electron chi connectivity index (χ0n) is 15.2. The Balaban J connectivity index is 1.87. The van der Waals surface area contributed by atoms with Gasteiger partial charge < -0.3 is 10.1 Å². The van der Waals surface area contributed by atoms with Crippen molar-refractivity contribution in [2.75, 3.05) is 38.2 Å². The number of nitriles is 1. The number of rotatable bonds is 6. The number of nitrogens with zero attached hydrogens (tertiary/aromatic N) is 2. The van der Waals surface area contributed by atoms with Crippen molar-refractivity contribution < 1.29 is 9.53 Å². The van der Waals surface area contributed by atoms with Crippen LogP contribution in [-0.4, -0.2) is 43.5 Å². The molecule has 3 rings (SSSR count). The molecule has 6 heteroatoms. The van der Waals surface area contributed by atoms with Crippen molar-refractivity contribution in [3.8, 4) is 6.07 Å². The van der Waals surface area contributed by atoms with Gasteiger partial charge >= 0.3 is 0 Å². The molecule has 1 unspecified atom stereocenters. The maximum absolute atomic E-state index is 12.0. The number of ether oxygens (including phenoxy) is 1. The van der Waals surface area contributed by atoms with E-state index >= 15 is 0 Å². The van der Waals surface area contributed by atoms with E-state index in [4.69, 9.17) is 16.3 Å². The standard InChI is InChI=1S/C21H22ClN3O2/c1-15(26)19-6-5-16(13-23)11-20(19)24-14-21(25-7-9-27-10-8-25)17-3-2-4-18(22)12-17/h2-6,11-12,21,24H,7-10,14H2,1H3. The van der Waals surface area contributed by atoms with E-state index in [2.05, 4.69) is 22.4 Å². The monoisotopic (exact) mass is 383 g/mol. The normalized spacial score (nSPS) is 15.7. The van der Waals surface area contributed by atoms with Gasteiger partial charge in [-0.2, -0.15) is 5.26 Å². The number of carbonyl (C=O) groups is 1. The molecule has 1 aliphatic rings. The van der Waals surface area contributed by atoms with Gasteiger partial charge in [-0.05, 0) is 42.8 Å². The van der Waals surface area contributed by atoms with Crippen LogP contribution in [0, 0.1) is 11.3 Å². The van der Waals surface area contributed by atoms with Crippen molar-refractivity contribution in [3.05, 3.63) is 64.2 Å². The third kappa shape index (κ3) is 4.86. The van der Waals surface area contributed by atoms with Crippen LogP contribution in [-0.2, 0) is 4.74 Å². The Morgan fingerprint density at radius 3 is 2.74 bits per heavy atom. The highest BCUT2D eigenvalue weighted by Crippen LogP contribution is 2.26. The third-order valence-electron chi connectivity index (χ3n) is 4.73. The second kappa shape index (κ2) is 9.01. The number of hydrogen-bond donors (Lipinski definition) is 1. The van der Waals surface area contributed by atoms with E-state index < -0.39 is 0 Å². The molecule has 0 amide bonds. The summed E-state index contributed by atoms with van der Waals surface area (Å²) in [6.07, 6.45) is 0. The zero-order valence-corrected chi connectivity index (χ0v) is 16.0. The first kappa shape index (κ1) is 19.4. The van der Waals surface area contributed by atoms with Crippen molar-refractivity contribution >= 4 is 23.1 Å². The van der Waals surface area contributed by atoms with E-state index in [1.807, 2.05) is 18.2 Å². The van der Waals surface area contributed by atoms with Gasteiger partial charge in [0.15, 0.2) is 5.78 Å². The van der Waals surface area contributed by atoms with Gasteiger partial charge in [0.2, 0.25) is 0 Å². The van der Waals surface area contributed by atoms with E-state index in [0.717, 1.165) is 18.7 Å². The highest BCUT2D eigenvalue weighted by atomic mass is 35.5. The summed E-state index contributed by atoms with van der Waals surface area (Å²) < 4.78 is 5.48. The Bertz CT molecular complexity index is 857. The van der Waals surface area contributed by atoms with E-state index in [1.54, 1.807) is 18.2 Å². The predicted molar refractivity (Wildman–Crippen MR) is 106 cm³/mol. The van der Waals surface area contributed by atoms with Crippen LogP contribution < -0.4 is 5.32 Å². The molecule has 140 valence electrons. The smallest absolute Gasteiger partial charge is 0.161 e. The molecule has 0 aromatic heterocycles. The molecule has 1 N–H and O–H groups in total. The molecule has 1 saturated heterocycles. The predicted octanol–water partition coefficient (Wildman–Crippen LogP) is 3.90. The number of Topliss-reactive ketones (excluding diaryl/α,β-unsaturated/α-hetero) is 1.